The number of anilines is 2. The van der Waals surface area contributed by atoms with Crippen LogP contribution in [0.4, 0.5) is 11.8 Å². The summed E-state index contributed by atoms with van der Waals surface area (Å²) in [6.07, 6.45) is 4.02. The monoisotopic (exact) mass is 333 g/mol. The van der Waals surface area contributed by atoms with Crippen LogP contribution in [0.1, 0.15) is 25.5 Å². The van der Waals surface area contributed by atoms with E-state index in [1.165, 1.54) is 0 Å². The topological polar surface area (TPSA) is 62.7 Å². The molecule has 0 radical (unpaired) electrons. The van der Waals surface area contributed by atoms with Crippen LogP contribution in [-0.4, -0.2) is 21.5 Å². The SMILES string of the molecule is CCCCNc1nc(NCc2ccccn2)cc(-c2ccccc2)n1. The van der Waals surface area contributed by atoms with Gasteiger partial charge in [-0.05, 0) is 18.6 Å². The number of hydrogen-bond donors (Lipinski definition) is 2. The van der Waals surface area contributed by atoms with Gasteiger partial charge in [0.15, 0.2) is 0 Å². The van der Waals surface area contributed by atoms with Crippen molar-refractivity contribution in [2.24, 2.45) is 0 Å². The van der Waals surface area contributed by atoms with E-state index >= 15 is 0 Å². The number of rotatable bonds is 8. The summed E-state index contributed by atoms with van der Waals surface area (Å²) in [6.45, 7) is 3.66. The standard InChI is InChI=1S/C20H23N5/c1-2-3-12-22-20-24-18(16-9-5-4-6-10-16)14-19(25-20)23-15-17-11-7-8-13-21-17/h4-11,13-14H,2-3,12,15H2,1H3,(H2,22,23,24,25). The van der Waals surface area contributed by atoms with Crippen molar-refractivity contribution in [3.8, 4) is 11.3 Å². The molecule has 0 fully saturated rings. The van der Waals surface area contributed by atoms with E-state index in [1.807, 2.05) is 42.5 Å². The number of pyridine rings is 1. The van der Waals surface area contributed by atoms with E-state index in [1.54, 1.807) is 6.20 Å². The van der Waals surface area contributed by atoms with Crippen molar-refractivity contribution in [2.75, 3.05) is 17.2 Å². The van der Waals surface area contributed by atoms with Gasteiger partial charge in [0.1, 0.15) is 5.82 Å². The zero-order chi connectivity index (χ0) is 17.3. The van der Waals surface area contributed by atoms with Crippen molar-refractivity contribution in [2.45, 2.75) is 26.3 Å². The molecular weight excluding hydrogens is 310 g/mol. The molecule has 5 heteroatoms. The van der Waals surface area contributed by atoms with Crippen LogP contribution in [0, 0.1) is 0 Å². The molecular formula is C20H23N5. The van der Waals surface area contributed by atoms with E-state index in [2.05, 4.69) is 44.6 Å². The molecule has 0 bridgehead atoms. The average Bonchev–Trinajstić information content (AvgIpc) is 2.68. The summed E-state index contributed by atoms with van der Waals surface area (Å²) >= 11 is 0. The summed E-state index contributed by atoms with van der Waals surface area (Å²) in [5, 5.41) is 6.66. The number of benzene rings is 1. The quantitative estimate of drug-likeness (QED) is 0.600. The lowest BCUT2D eigenvalue weighted by molar-refractivity contribution is 0.826. The molecule has 3 rings (SSSR count). The van der Waals surface area contributed by atoms with Gasteiger partial charge in [0.2, 0.25) is 5.95 Å². The lowest BCUT2D eigenvalue weighted by Gasteiger charge is -2.11. The Morgan fingerprint density at radius 2 is 1.76 bits per heavy atom. The van der Waals surface area contributed by atoms with Crippen molar-refractivity contribution in [1.82, 2.24) is 15.0 Å². The Morgan fingerprint density at radius 3 is 2.52 bits per heavy atom. The molecule has 2 N–H and O–H groups in total. The summed E-state index contributed by atoms with van der Waals surface area (Å²) < 4.78 is 0. The minimum Gasteiger partial charge on any atom is -0.364 e. The van der Waals surface area contributed by atoms with Gasteiger partial charge in [0, 0.05) is 24.4 Å². The van der Waals surface area contributed by atoms with Crippen molar-refractivity contribution < 1.29 is 0 Å². The second-order valence-corrected chi connectivity index (χ2v) is 5.78. The maximum absolute atomic E-state index is 4.65. The molecule has 0 aliphatic carbocycles. The van der Waals surface area contributed by atoms with Gasteiger partial charge in [-0.3, -0.25) is 4.98 Å². The normalized spacial score (nSPS) is 10.4. The summed E-state index contributed by atoms with van der Waals surface area (Å²) in [6, 6.07) is 18.0. The smallest absolute Gasteiger partial charge is 0.225 e. The van der Waals surface area contributed by atoms with Gasteiger partial charge in [-0.15, -0.1) is 0 Å². The third-order valence-corrected chi connectivity index (χ3v) is 3.79. The lowest BCUT2D eigenvalue weighted by Crippen LogP contribution is -2.09. The first-order chi connectivity index (χ1) is 12.3. The zero-order valence-electron chi connectivity index (χ0n) is 14.4. The van der Waals surface area contributed by atoms with Crippen LogP contribution in [0.2, 0.25) is 0 Å². The molecule has 5 nitrogen and oxygen atoms in total. The Morgan fingerprint density at radius 1 is 0.920 bits per heavy atom. The predicted molar refractivity (Wildman–Crippen MR) is 102 cm³/mol. The molecule has 1 aromatic carbocycles. The molecule has 0 saturated heterocycles. The fourth-order valence-electron chi connectivity index (χ4n) is 2.43. The first-order valence-corrected chi connectivity index (χ1v) is 8.67. The number of hydrogen-bond acceptors (Lipinski definition) is 5. The average molecular weight is 333 g/mol. The van der Waals surface area contributed by atoms with E-state index in [4.69, 9.17) is 0 Å². The zero-order valence-corrected chi connectivity index (χ0v) is 14.4. The molecule has 128 valence electrons. The Labute approximate surface area is 148 Å². The van der Waals surface area contributed by atoms with Gasteiger partial charge in [0.05, 0.1) is 17.9 Å². The van der Waals surface area contributed by atoms with E-state index < -0.39 is 0 Å². The summed E-state index contributed by atoms with van der Waals surface area (Å²) in [4.78, 5) is 13.6. The van der Waals surface area contributed by atoms with Crippen LogP contribution in [0.3, 0.4) is 0 Å². The minimum atomic E-state index is 0.625. The highest BCUT2D eigenvalue weighted by Crippen LogP contribution is 2.21. The predicted octanol–water partition coefficient (Wildman–Crippen LogP) is 4.36. The summed E-state index contributed by atoms with van der Waals surface area (Å²) in [7, 11) is 0. The minimum absolute atomic E-state index is 0.625. The Bertz CT molecular complexity index is 775. The van der Waals surface area contributed by atoms with Gasteiger partial charge < -0.3 is 10.6 Å². The summed E-state index contributed by atoms with van der Waals surface area (Å²) in [5.41, 5.74) is 2.95. The molecule has 2 aromatic heterocycles. The fraction of sp³-hybridized carbons (Fsp3) is 0.250. The van der Waals surface area contributed by atoms with E-state index in [-0.39, 0.29) is 0 Å². The Hall–Kier alpha value is -2.95. The van der Waals surface area contributed by atoms with Gasteiger partial charge in [0.25, 0.3) is 0 Å². The number of unbranched alkanes of at least 4 members (excludes halogenated alkanes) is 1. The molecule has 2 heterocycles. The molecule has 0 atom stereocenters. The van der Waals surface area contributed by atoms with E-state index in [0.29, 0.717) is 12.5 Å². The van der Waals surface area contributed by atoms with Crippen molar-refractivity contribution >= 4 is 11.8 Å². The van der Waals surface area contributed by atoms with Crippen molar-refractivity contribution in [3.05, 3.63) is 66.5 Å². The van der Waals surface area contributed by atoms with Crippen LogP contribution < -0.4 is 10.6 Å². The highest BCUT2D eigenvalue weighted by atomic mass is 15.1. The molecule has 0 saturated carbocycles. The fourth-order valence-corrected chi connectivity index (χ4v) is 2.43. The van der Waals surface area contributed by atoms with Crippen LogP contribution in [0.5, 0.6) is 0 Å². The highest BCUT2D eigenvalue weighted by Gasteiger charge is 2.07. The van der Waals surface area contributed by atoms with Crippen molar-refractivity contribution in [3.63, 3.8) is 0 Å². The van der Waals surface area contributed by atoms with Crippen LogP contribution in [0.15, 0.2) is 60.8 Å². The molecule has 0 unspecified atom stereocenters. The molecule has 3 aromatic rings. The molecule has 0 amide bonds. The third-order valence-electron chi connectivity index (χ3n) is 3.79. The van der Waals surface area contributed by atoms with Gasteiger partial charge >= 0.3 is 0 Å². The maximum atomic E-state index is 4.65. The van der Waals surface area contributed by atoms with E-state index in [0.717, 1.165) is 42.2 Å². The molecule has 0 spiro atoms. The first-order valence-electron chi connectivity index (χ1n) is 8.67. The first kappa shape index (κ1) is 16.9. The largest absolute Gasteiger partial charge is 0.364 e. The highest BCUT2D eigenvalue weighted by molar-refractivity contribution is 5.64. The lowest BCUT2D eigenvalue weighted by atomic mass is 10.1. The van der Waals surface area contributed by atoms with E-state index in [9.17, 15) is 0 Å². The summed E-state index contributed by atoms with van der Waals surface area (Å²) in [5.74, 6) is 1.44. The second-order valence-electron chi connectivity index (χ2n) is 5.78. The van der Waals surface area contributed by atoms with Crippen LogP contribution in [0.25, 0.3) is 11.3 Å². The number of nitrogens with one attached hydrogen (secondary N) is 2. The molecule has 0 aliphatic heterocycles. The maximum Gasteiger partial charge on any atom is 0.225 e. The van der Waals surface area contributed by atoms with Gasteiger partial charge in [-0.25, -0.2) is 4.98 Å². The number of nitrogens with zero attached hydrogens (tertiary/aromatic N) is 3. The van der Waals surface area contributed by atoms with Crippen molar-refractivity contribution in [1.29, 1.82) is 0 Å². The molecule has 0 aliphatic rings. The Balaban J connectivity index is 1.81. The van der Waals surface area contributed by atoms with Crippen LogP contribution in [-0.2, 0) is 6.54 Å². The Kier molecular flexibility index (Phi) is 5.93. The van der Waals surface area contributed by atoms with Gasteiger partial charge in [-0.2, -0.15) is 4.98 Å². The second kappa shape index (κ2) is 8.78. The van der Waals surface area contributed by atoms with Crippen LogP contribution >= 0.6 is 0 Å². The van der Waals surface area contributed by atoms with Gasteiger partial charge in [-0.1, -0.05) is 49.7 Å². The number of aromatic nitrogens is 3. The third kappa shape index (κ3) is 5.01. The molecule has 25 heavy (non-hydrogen) atoms.